The first-order valence-corrected chi connectivity index (χ1v) is 10.0. The zero-order valence-corrected chi connectivity index (χ0v) is 13.4. The molecule has 0 unspecified atom stereocenters. The molecule has 7 heteroatoms. The molecule has 1 atom stereocenters. The Hall–Kier alpha value is -1.18. The van der Waals surface area contributed by atoms with E-state index in [2.05, 4.69) is 6.58 Å². The Morgan fingerprint density at radius 3 is 2.24 bits per heavy atom. The zero-order chi connectivity index (χ0) is 15.9. The van der Waals surface area contributed by atoms with E-state index in [1.165, 1.54) is 0 Å². The zero-order valence-electron chi connectivity index (χ0n) is 11.8. The molecule has 0 heterocycles. The molecule has 0 aromatic heterocycles. The quantitative estimate of drug-likeness (QED) is 0.696. The molecular weight excluding hydrogens is 310 g/mol. The monoisotopic (exact) mass is 331 g/mol. The molecule has 1 rings (SSSR count). The van der Waals surface area contributed by atoms with E-state index >= 15 is 0 Å². The molecular formula is C14H21NO4S2. The first-order chi connectivity index (χ1) is 9.74. The van der Waals surface area contributed by atoms with Crippen molar-refractivity contribution < 1.29 is 16.8 Å². The summed E-state index contributed by atoms with van der Waals surface area (Å²) in [5.41, 5.74) is 0.691. The van der Waals surface area contributed by atoms with Crippen molar-refractivity contribution >= 4 is 19.9 Å². The van der Waals surface area contributed by atoms with Crippen LogP contribution in [0.5, 0.6) is 0 Å². The van der Waals surface area contributed by atoms with Gasteiger partial charge in [0.05, 0.1) is 16.8 Å². The van der Waals surface area contributed by atoms with E-state index in [-0.39, 0.29) is 17.9 Å². The van der Waals surface area contributed by atoms with Crippen LogP contribution in [0.15, 0.2) is 43.0 Å². The summed E-state index contributed by atoms with van der Waals surface area (Å²) in [5.74, 6) is -0.285. The maximum Gasteiger partial charge on any atom is 0.212 e. The maximum absolute atomic E-state index is 12.0. The molecule has 21 heavy (non-hydrogen) atoms. The molecule has 0 aliphatic heterocycles. The second-order valence-corrected chi connectivity index (χ2v) is 8.97. The highest BCUT2D eigenvalue weighted by atomic mass is 32.2. The predicted octanol–water partition coefficient (Wildman–Crippen LogP) is 1.61. The fraction of sp³-hybridized carbons (Fsp3) is 0.429. The third kappa shape index (κ3) is 6.88. The highest BCUT2D eigenvalue weighted by Gasteiger charge is 2.23. The van der Waals surface area contributed by atoms with E-state index < -0.39 is 25.1 Å². The molecule has 1 aromatic rings. The van der Waals surface area contributed by atoms with Crippen LogP contribution in [0, 0.1) is 0 Å². The maximum atomic E-state index is 12.0. The molecule has 118 valence electrons. The van der Waals surface area contributed by atoms with Crippen LogP contribution in [0.25, 0.3) is 0 Å². The van der Waals surface area contributed by atoms with Gasteiger partial charge in [0.15, 0.2) is 9.84 Å². The number of nitrogens with two attached hydrogens (primary N) is 1. The third-order valence-corrected chi connectivity index (χ3v) is 6.17. The summed E-state index contributed by atoms with van der Waals surface area (Å²) in [7, 11) is -7.11. The molecule has 0 radical (unpaired) electrons. The van der Waals surface area contributed by atoms with Gasteiger partial charge in [0.1, 0.15) is 0 Å². The number of sulfone groups is 1. The SMILES string of the molecule is C=CCC[C@H](CCS(=O)(=O)Cc1ccccc1)S(N)(=O)=O. The number of hydrogen-bond donors (Lipinski definition) is 1. The predicted molar refractivity (Wildman–Crippen MR) is 84.9 cm³/mol. The molecule has 0 aliphatic rings. The molecule has 1 aromatic carbocycles. The Bertz CT molecular complexity index is 651. The number of hydrogen-bond acceptors (Lipinski definition) is 4. The average molecular weight is 331 g/mol. The van der Waals surface area contributed by atoms with Crippen LogP contribution in [-0.2, 0) is 25.6 Å². The summed E-state index contributed by atoms with van der Waals surface area (Å²) in [5, 5.41) is 4.30. The number of allylic oxidation sites excluding steroid dienone is 1. The van der Waals surface area contributed by atoms with Crippen LogP contribution in [0.3, 0.4) is 0 Å². The molecule has 0 fully saturated rings. The molecule has 0 saturated carbocycles. The summed E-state index contributed by atoms with van der Waals surface area (Å²) in [6, 6.07) is 8.80. The Morgan fingerprint density at radius 1 is 1.10 bits per heavy atom. The van der Waals surface area contributed by atoms with Crippen molar-refractivity contribution in [3.05, 3.63) is 48.6 Å². The fourth-order valence-electron chi connectivity index (χ4n) is 1.99. The molecule has 0 spiro atoms. The fourth-order valence-corrected chi connectivity index (χ4v) is 4.54. The van der Waals surface area contributed by atoms with Crippen LogP contribution in [0.4, 0.5) is 0 Å². The van der Waals surface area contributed by atoms with Gasteiger partial charge in [-0.2, -0.15) is 0 Å². The van der Waals surface area contributed by atoms with Crippen LogP contribution in [0.1, 0.15) is 24.8 Å². The number of sulfonamides is 1. The molecule has 5 nitrogen and oxygen atoms in total. The van der Waals surface area contributed by atoms with Gasteiger partial charge >= 0.3 is 0 Å². The van der Waals surface area contributed by atoms with Crippen molar-refractivity contribution in [2.75, 3.05) is 5.75 Å². The van der Waals surface area contributed by atoms with Gasteiger partial charge in [0.2, 0.25) is 10.0 Å². The standard InChI is InChI=1S/C14H21NO4S2/c1-2-3-9-14(21(15,18)19)10-11-20(16,17)12-13-7-5-4-6-8-13/h2,4-8,14H,1,3,9-12H2,(H2,15,18,19)/t14-/m1/s1. The summed E-state index contributed by atoms with van der Waals surface area (Å²) >= 11 is 0. The molecule has 0 saturated heterocycles. The third-order valence-electron chi connectivity index (χ3n) is 3.14. The first kappa shape index (κ1) is 17.9. The normalized spacial score (nSPS) is 13.8. The average Bonchev–Trinajstić information content (AvgIpc) is 2.37. The van der Waals surface area contributed by atoms with E-state index in [4.69, 9.17) is 5.14 Å². The highest BCUT2D eigenvalue weighted by molar-refractivity contribution is 7.91. The summed E-state index contributed by atoms with van der Waals surface area (Å²) < 4.78 is 47.0. The second-order valence-electron chi connectivity index (χ2n) is 4.94. The van der Waals surface area contributed by atoms with Crippen molar-refractivity contribution in [2.45, 2.75) is 30.3 Å². The van der Waals surface area contributed by atoms with E-state index in [0.717, 1.165) is 0 Å². The summed E-state index contributed by atoms with van der Waals surface area (Å²) in [6.45, 7) is 3.53. The van der Waals surface area contributed by atoms with Crippen molar-refractivity contribution in [1.82, 2.24) is 0 Å². The Morgan fingerprint density at radius 2 is 1.71 bits per heavy atom. The molecule has 0 amide bonds. The first-order valence-electron chi connectivity index (χ1n) is 6.61. The van der Waals surface area contributed by atoms with Gasteiger partial charge in [-0.3, -0.25) is 0 Å². The molecule has 0 bridgehead atoms. The lowest BCUT2D eigenvalue weighted by Crippen LogP contribution is -2.30. The second kappa shape index (κ2) is 7.72. The van der Waals surface area contributed by atoms with Crippen LogP contribution in [0.2, 0.25) is 0 Å². The van der Waals surface area contributed by atoms with Gasteiger partial charge in [0, 0.05) is 0 Å². The summed E-state index contributed by atoms with van der Waals surface area (Å²) in [6.07, 6.45) is 2.39. The van der Waals surface area contributed by atoms with E-state index in [0.29, 0.717) is 18.4 Å². The van der Waals surface area contributed by atoms with E-state index in [9.17, 15) is 16.8 Å². The number of rotatable bonds is 9. The molecule has 0 aliphatic carbocycles. The number of primary sulfonamides is 1. The highest BCUT2D eigenvalue weighted by Crippen LogP contribution is 2.14. The van der Waals surface area contributed by atoms with Gasteiger partial charge in [-0.05, 0) is 24.8 Å². The summed E-state index contributed by atoms with van der Waals surface area (Å²) in [4.78, 5) is 0. The largest absolute Gasteiger partial charge is 0.228 e. The van der Waals surface area contributed by atoms with Crippen molar-refractivity contribution in [3.63, 3.8) is 0 Å². The van der Waals surface area contributed by atoms with Gasteiger partial charge in [0.25, 0.3) is 0 Å². The minimum Gasteiger partial charge on any atom is -0.228 e. The van der Waals surface area contributed by atoms with E-state index in [1.54, 1.807) is 30.3 Å². The lowest BCUT2D eigenvalue weighted by Gasteiger charge is -2.13. The van der Waals surface area contributed by atoms with Gasteiger partial charge in [-0.15, -0.1) is 6.58 Å². The van der Waals surface area contributed by atoms with Crippen LogP contribution >= 0.6 is 0 Å². The minimum atomic E-state index is -3.74. The Labute approximate surface area is 126 Å². The topological polar surface area (TPSA) is 94.3 Å². The minimum absolute atomic E-state index is 0.0157. The Kier molecular flexibility index (Phi) is 6.57. The van der Waals surface area contributed by atoms with Crippen molar-refractivity contribution in [3.8, 4) is 0 Å². The Balaban J connectivity index is 2.68. The van der Waals surface area contributed by atoms with Crippen LogP contribution < -0.4 is 5.14 Å². The number of benzene rings is 1. The van der Waals surface area contributed by atoms with Crippen molar-refractivity contribution in [1.29, 1.82) is 0 Å². The van der Waals surface area contributed by atoms with E-state index in [1.807, 2.05) is 6.07 Å². The van der Waals surface area contributed by atoms with Gasteiger partial charge in [-0.25, -0.2) is 22.0 Å². The van der Waals surface area contributed by atoms with Crippen LogP contribution in [-0.4, -0.2) is 27.8 Å². The lowest BCUT2D eigenvalue weighted by molar-refractivity contribution is 0.564. The lowest BCUT2D eigenvalue weighted by atomic mass is 10.2. The van der Waals surface area contributed by atoms with Gasteiger partial charge in [-0.1, -0.05) is 36.4 Å². The molecule has 2 N–H and O–H groups in total. The van der Waals surface area contributed by atoms with Crippen molar-refractivity contribution in [2.24, 2.45) is 5.14 Å². The van der Waals surface area contributed by atoms with Gasteiger partial charge < -0.3 is 0 Å². The smallest absolute Gasteiger partial charge is 0.212 e.